The predicted molar refractivity (Wildman–Crippen MR) is 75.6 cm³/mol. The van der Waals surface area contributed by atoms with Crippen LogP contribution in [0.5, 0.6) is 5.75 Å². The third kappa shape index (κ3) is 4.52. The average molecular weight is 277 g/mol. The van der Waals surface area contributed by atoms with Crippen molar-refractivity contribution in [2.45, 2.75) is 32.7 Å². The van der Waals surface area contributed by atoms with Crippen LogP contribution in [-0.4, -0.2) is 24.1 Å². The van der Waals surface area contributed by atoms with Crippen molar-refractivity contribution in [2.24, 2.45) is 0 Å². The van der Waals surface area contributed by atoms with Crippen LogP contribution in [0.3, 0.4) is 0 Å². The molecule has 6 nitrogen and oxygen atoms in total. The molecule has 0 aliphatic carbocycles. The molecule has 108 valence electrons. The summed E-state index contributed by atoms with van der Waals surface area (Å²) in [6.07, 6.45) is 1.43. The van der Waals surface area contributed by atoms with E-state index in [-0.39, 0.29) is 24.1 Å². The minimum atomic E-state index is -0.443. The van der Waals surface area contributed by atoms with Gasteiger partial charge in [0.15, 0.2) is 5.75 Å². The number of ether oxygens (including phenoxy) is 1. The lowest BCUT2D eigenvalue weighted by Gasteiger charge is -2.12. The molecule has 0 radical (unpaired) electrons. The molecule has 1 rings (SSSR count). The topological polar surface area (TPSA) is 88.2 Å². The van der Waals surface area contributed by atoms with Gasteiger partial charge in [0.25, 0.3) is 0 Å². The van der Waals surface area contributed by atoms with Gasteiger partial charge in [-0.2, -0.15) is 5.26 Å². The molecule has 1 aromatic carbocycles. The van der Waals surface area contributed by atoms with Gasteiger partial charge in [-0.25, -0.2) is 0 Å². The Kier molecular flexibility index (Phi) is 6.47. The van der Waals surface area contributed by atoms with E-state index in [1.165, 1.54) is 0 Å². The van der Waals surface area contributed by atoms with E-state index in [0.717, 1.165) is 13.0 Å². The van der Waals surface area contributed by atoms with Gasteiger partial charge in [0.2, 0.25) is 0 Å². The van der Waals surface area contributed by atoms with Gasteiger partial charge in [-0.05, 0) is 26.0 Å². The van der Waals surface area contributed by atoms with Crippen LogP contribution in [-0.2, 0) is 0 Å². The number of benzene rings is 1. The summed E-state index contributed by atoms with van der Waals surface area (Å²) in [6, 6.07) is 6.82. The standard InChI is InChI=1S/C14H19N3O3/c1-3-8-16-12(10-15)7-9-20-13-6-4-5-11(2)14(13)17(18)19/h4-6,12,16H,3,7-9H2,1-2H3. The number of hydrogen-bond acceptors (Lipinski definition) is 5. The Balaban J connectivity index is 2.60. The zero-order chi connectivity index (χ0) is 15.0. The second-order valence-electron chi connectivity index (χ2n) is 4.45. The van der Waals surface area contributed by atoms with Crippen molar-refractivity contribution in [3.8, 4) is 11.8 Å². The minimum Gasteiger partial charge on any atom is -0.487 e. The Hall–Kier alpha value is -2.13. The number of hydrogen-bond donors (Lipinski definition) is 1. The van der Waals surface area contributed by atoms with Crippen LogP contribution in [0.15, 0.2) is 18.2 Å². The van der Waals surface area contributed by atoms with Crippen molar-refractivity contribution in [1.29, 1.82) is 5.26 Å². The van der Waals surface area contributed by atoms with Gasteiger partial charge in [0.05, 0.1) is 23.6 Å². The summed E-state index contributed by atoms with van der Waals surface area (Å²) in [6.45, 7) is 4.72. The summed E-state index contributed by atoms with van der Waals surface area (Å²) in [5.41, 5.74) is 0.552. The summed E-state index contributed by atoms with van der Waals surface area (Å²) in [5, 5.41) is 23.0. The Labute approximate surface area is 118 Å². The zero-order valence-electron chi connectivity index (χ0n) is 11.8. The molecule has 1 atom stereocenters. The first-order chi connectivity index (χ1) is 9.60. The molecular formula is C14H19N3O3. The van der Waals surface area contributed by atoms with Crippen molar-refractivity contribution in [1.82, 2.24) is 5.32 Å². The third-order valence-electron chi connectivity index (χ3n) is 2.84. The minimum absolute atomic E-state index is 0.0116. The monoisotopic (exact) mass is 277 g/mol. The lowest BCUT2D eigenvalue weighted by Crippen LogP contribution is -2.29. The number of nitrogens with zero attached hydrogens (tertiary/aromatic N) is 2. The van der Waals surface area contributed by atoms with E-state index in [4.69, 9.17) is 10.00 Å². The predicted octanol–water partition coefficient (Wildman–Crippen LogP) is 2.56. The lowest BCUT2D eigenvalue weighted by atomic mass is 10.2. The normalized spacial score (nSPS) is 11.7. The van der Waals surface area contributed by atoms with Crippen molar-refractivity contribution < 1.29 is 9.66 Å². The van der Waals surface area contributed by atoms with E-state index >= 15 is 0 Å². The lowest BCUT2D eigenvalue weighted by molar-refractivity contribution is -0.386. The van der Waals surface area contributed by atoms with Crippen molar-refractivity contribution in [2.75, 3.05) is 13.2 Å². The fourth-order valence-corrected chi connectivity index (χ4v) is 1.80. The van der Waals surface area contributed by atoms with Crippen LogP contribution >= 0.6 is 0 Å². The number of nitro benzene ring substituents is 1. The smallest absolute Gasteiger partial charge is 0.313 e. The molecule has 0 fully saturated rings. The zero-order valence-corrected chi connectivity index (χ0v) is 11.8. The summed E-state index contributed by atoms with van der Waals surface area (Å²) in [4.78, 5) is 10.6. The molecule has 0 saturated carbocycles. The number of para-hydroxylation sites is 1. The van der Waals surface area contributed by atoms with Gasteiger partial charge in [-0.3, -0.25) is 10.1 Å². The van der Waals surface area contributed by atoms with Crippen LogP contribution in [0.25, 0.3) is 0 Å². The molecule has 0 aromatic heterocycles. The van der Waals surface area contributed by atoms with E-state index in [0.29, 0.717) is 12.0 Å². The Morgan fingerprint density at radius 3 is 2.90 bits per heavy atom. The van der Waals surface area contributed by atoms with Crippen molar-refractivity contribution in [3.05, 3.63) is 33.9 Å². The highest BCUT2D eigenvalue weighted by atomic mass is 16.6. The molecule has 1 aromatic rings. The van der Waals surface area contributed by atoms with E-state index < -0.39 is 4.92 Å². The van der Waals surface area contributed by atoms with Gasteiger partial charge >= 0.3 is 5.69 Å². The first kappa shape index (κ1) is 15.9. The first-order valence-corrected chi connectivity index (χ1v) is 6.60. The molecule has 6 heteroatoms. The SMILES string of the molecule is CCCNC(C#N)CCOc1cccc(C)c1[N+](=O)[O-]. The van der Waals surface area contributed by atoms with Gasteiger partial charge < -0.3 is 10.1 Å². The molecule has 1 N–H and O–H groups in total. The maximum absolute atomic E-state index is 11.0. The van der Waals surface area contributed by atoms with Gasteiger partial charge in [0, 0.05) is 12.0 Å². The molecule has 0 aliphatic rings. The van der Waals surface area contributed by atoms with E-state index in [1.807, 2.05) is 6.92 Å². The van der Waals surface area contributed by atoms with Crippen LogP contribution in [0.2, 0.25) is 0 Å². The first-order valence-electron chi connectivity index (χ1n) is 6.60. The largest absolute Gasteiger partial charge is 0.487 e. The van der Waals surface area contributed by atoms with Crippen molar-refractivity contribution in [3.63, 3.8) is 0 Å². The van der Waals surface area contributed by atoms with Crippen molar-refractivity contribution >= 4 is 5.69 Å². The molecule has 0 amide bonds. The number of nitrogens with one attached hydrogen (secondary N) is 1. The highest BCUT2D eigenvalue weighted by Crippen LogP contribution is 2.30. The highest BCUT2D eigenvalue weighted by molar-refractivity contribution is 5.51. The number of rotatable bonds is 8. The molecule has 1 unspecified atom stereocenters. The molecule has 20 heavy (non-hydrogen) atoms. The Morgan fingerprint density at radius 1 is 1.55 bits per heavy atom. The average Bonchev–Trinajstić information content (AvgIpc) is 2.42. The van der Waals surface area contributed by atoms with E-state index in [9.17, 15) is 10.1 Å². The summed E-state index contributed by atoms with van der Waals surface area (Å²) >= 11 is 0. The molecule has 0 heterocycles. The van der Waals surface area contributed by atoms with E-state index in [2.05, 4.69) is 11.4 Å². The van der Waals surface area contributed by atoms with E-state index in [1.54, 1.807) is 25.1 Å². The summed E-state index contributed by atoms with van der Waals surface area (Å²) in [5.74, 6) is 0.252. The maximum Gasteiger partial charge on any atom is 0.313 e. The number of aryl methyl sites for hydroxylation is 1. The number of nitro groups is 1. The van der Waals surface area contributed by atoms with Crippen LogP contribution in [0.4, 0.5) is 5.69 Å². The molecule has 0 saturated heterocycles. The van der Waals surface area contributed by atoms with Crippen LogP contribution in [0.1, 0.15) is 25.3 Å². The van der Waals surface area contributed by atoms with Gasteiger partial charge in [0.1, 0.15) is 0 Å². The fraction of sp³-hybridized carbons (Fsp3) is 0.500. The third-order valence-corrected chi connectivity index (χ3v) is 2.84. The van der Waals surface area contributed by atoms with Gasteiger partial charge in [-0.1, -0.05) is 19.1 Å². The second kappa shape index (κ2) is 8.12. The van der Waals surface area contributed by atoms with Crippen LogP contribution < -0.4 is 10.1 Å². The number of nitriles is 1. The Morgan fingerprint density at radius 2 is 2.30 bits per heavy atom. The van der Waals surface area contributed by atoms with Crippen LogP contribution in [0, 0.1) is 28.4 Å². The highest BCUT2D eigenvalue weighted by Gasteiger charge is 2.18. The maximum atomic E-state index is 11.0. The van der Waals surface area contributed by atoms with Gasteiger partial charge in [-0.15, -0.1) is 0 Å². The molecular weight excluding hydrogens is 258 g/mol. The summed E-state index contributed by atoms with van der Waals surface area (Å²) in [7, 11) is 0. The Bertz CT molecular complexity index is 497. The molecule has 0 bridgehead atoms. The molecule has 0 spiro atoms. The molecule has 0 aliphatic heterocycles. The quantitative estimate of drug-likeness (QED) is 0.582. The fourth-order valence-electron chi connectivity index (χ4n) is 1.80. The summed E-state index contributed by atoms with van der Waals surface area (Å²) < 4.78 is 5.46. The second-order valence-corrected chi connectivity index (χ2v) is 4.45.